The first-order chi connectivity index (χ1) is 15.0. The number of carbonyl (C=O) groups excluding carboxylic acids is 1. The number of non-ortho nitro benzene ring substituents is 1. The van der Waals surface area contributed by atoms with E-state index in [4.69, 9.17) is 0 Å². The smallest absolute Gasteiger partial charge is 0.319 e. The summed E-state index contributed by atoms with van der Waals surface area (Å²) >= 11 is 0. The SMILES string of the molecule is Cc1ccc(NC(=O)NCC2CCCN(c3ccc([N+](=O)[O-])c4cnccc34)C2)cc1. The van der Waals surface area contributed by atoms with Gasteiger partial charge in [-0.1, -0.05) is 17.7 Å². The van der Waals surface area contributed by atoms with Crippen molar-refractivity contribution in [1.82, 2.24) is 10.3 Å². The molecule has 8 heteroatoms. The summed E-state index contributed by atoms with van der Waals surface area (Å²) < 4.78 is 0. The summed E-state index contributed by atoms with van der Waals surface area (Å²) in [6, 6.07) is 12.7. The summed E-state index contributed by atoms with van der Waals surface area (Å²) in [5, 5.41) is 18.6. The number of nitrogens with one attached hydrogen (secondary N) is 2. The van der Waals surface area contributed by atoms with Crippen LogP contribution in [0.25, 0.3) is 10.8 Å². The second-order valence-electron chi connectivity index (χ2n) is 7.94. The molecule has 2 N–H and O–H groups in total. The van der Waals surface area contributed by atoms with Gasteiger partial charge in [-0.3, -0.25) is 15.1 Å². The van der Waals surface area contributed by atoms with E-state index in [0.29, 0.717) is 17.8 Å². The van der Waals surface area contributed by atoms with E-state index in [9.17, 15) is 14.9 Å². The normalized spacial score (nSPS) is 16.2. The minimum absolute atomic E-state index is 0.0647. The van der Waals surface area contributed by atoms with E-state index in [1.54, 1.807) is 18.5 Å². The first kappa shape index (κ1) is 20.6. The van der Waals surface area contributed by atoms with Gasteiger partial charge in [0.05, 0.1) is 10.3 Å². The predicted molar refractivity (Wildman–Crippen MR) is 122 cm³/mol. The van der Waals surface area contributed by atoms with Crippen LogP contribution in [0.3, 0.4) is 0 Å². The summed E-state index contributed by atoms with van der Waals surface area (Å²) in [6.07, 6.45) is 5.23. The number of benzene rings is 2. The molecular formula is C23H25N5O3. The molecule has 2 amide bonds. The van der Waals surface area contributed by atoms with Crippen LogP contribution in [0.2, 0.25) is 0 Å². The number of nitro benzene ring substituents is 1. The zero-order valence-electron chi connectivity index (χ0n) is 17.4. The second-order valence-corrected chi connectivity index (χ2v) is 7.94. The number of amides is 2. The molecule has 160 valence electrons. The quantitative estimate of drug-likeness (QED) is 0.469. The number of aromatic nitrogens is 1. The van der Waals surface area contributed by atoms with Crippen molar-refractivity contribution >= 4 is 33.9 Å². The number of pyridine rings is 1. The topological polar surface area (TPSA) is 100 Å². The van der Waals surface area contributed by atoms with Crippen LogP contribution >= 0.6 is 0 Å². The fourth-order valence-corrected chi connectivity index (χ4v) is 4.09. The number of rotatable bonds is 5. The van der Waals surface area contributed by atoms with Crippen LogP contribution in [0, 0.1) is 23.0 Å². The van der Waals surface area contributed by atoms with Crippen LogP contribution in [0.15, 0.2) is 54.9 Å². The Morgan fingerprint density at radius 3 is 2.77 bits per heavy atom. The van der Waals surface area contributed by atoms with Gasteiger partial charge in [0.2, 0.25) is 0 Å². The summed E-state index contributed by atoms with van der Waals surface area (Å²) in [6.45, 7) is 4.23. The molecule has 2 aromatic carbocycles. The van der Waals surface area contributed by atoms with Crippen molar-refractivity contribution in [1.29, 1.82) is 0 Å². The lowest BCUT2D eigenvalue weighted by molar-refractivity contribution is -0.383. The summed E-state index contributed by atoms with van der Waals surface area (Å²) in [5.41, 5.74) is 2.94. The van der Waals surface area contributed by atoms with Crippen LogP contribution in [-0.4, -0.2) is 35.6 Å². The van der Waals surface area contributed by atoms with E-state index < -0.39 is 0 Å². The van der Waals surface area contributed by atoms with Gasteiger partial charge in [0.15, 0.2) is 0 Å². The molecule has 2 heterocycles. The van der Waals surface area contributed by atoms with E-state index >= 15 is 0 Å². The Labute approximate surface area is 180 Å². The highest BCUT2D eigenvalue weighted by molar-refractivity contribution is 5.99. The first-order valence-corrected chi connectivity index (χ1v) is 10.4. The minimum atomic E-state index is -0.372. The van der Waals surface area contributed by atoms with Crippen molar-refractivity contribution in [2.24, 2.45) is 5.92 Å². The molecule has 0 radical (unpaired) electrons. The van der Waals surface area contributed by atoms with Gasteiger partial charge in [-0.2, -0.15) is 0 Å². The van der Waals surface area contributed by atoms with Crippen molar-refractivity contribution in [2.75, 3.05) is 29.9 Å². The number of hydrogen-bond donors (Lipinski definition) is 2. The van der Waals surface area contributed by atoms with E-state index in [1.807, 2.05) is 43.3 Å². The van der Waals surface area contributed by atoms with Gasteiger partial charge in [0, 0.05) is 54.9 Å². The average Bonchev–Trinajstić information content (AvgIpc) is 2.78. The predicted octanol–water partition coefficient (Wildman–Crippen LogP) is 4.49. The van der Waals surface area contributed by atoms with Crippen LogP contribution in [-0.2, 0) is 0 Å². The fourth-order valence-electron chi connectivity index (χ4n) is 4.09. The Hall–Kier alpha value is -3.68. The minimum Gasteiger partial charge on any atom is -0.371 e. The number of carbonyl (C=O) groups is 1. The molecule has 0 bridgehead atoms. The molecule has 1 saturated heterocycles. The highest BCUT2D eigenvalue weighted by Gasteiger charge is 2.24. The third kappa shape index (κ3) is 4.74. The van der Waals surface area contributed by atoms with Crippen LogP contribution in [0.1, 0.15) is 18.4 Å². The maximum absolute atomic E-state index is 12.3. The lowest BCUT2D eigenvalue weighted by atomic mass is 9.96. The molecule has 4 rings (SSSR count). The van der Waals surface area contributed by atoms with Crippen molar-refractivity contribution in [3.63, 3.8) is 0 Å². The molecule has 1 aromatic heterocycles. The van der Waals surface area contributed by atoms with Crippen molar-refractivity contribution < 1.29 is 9.72 Å². The lowest BCUT2D eigenvalue weighted by Crippen LogP contribution is -2.42. The monoisotopic (exact) mass is 419 g/mol. The molecule has 0 spiro atoms. The van der Waals surface area contributed by atoms with Gasteiger partial charge in [-0.15, -0.1) is 0 Å². The average molecular weight is 419 g/mol. The Bertz CT molecular complexity index is 1100. The maximum Gasteiger partial charge on any atom is 0.319 e. The third-order valence-corrected chi connectivity index (χ3v) is 5.69. The molecule has 0 saturated carbocycles. The number of piperidine rings is 1. The Balaban J connectivity index is 1.42. The fraction of sp³-hybridized carbons (Fsp3) is 0.304. The maximum atomic E-state index is 12.3. The number of urea groups is 1. The molecule has 1 unspecified atom stereocenters. The molecule has 3 aromatic rings. The van der Waals surface area contributed by atoms with Crippen LogP contribution in [0.5, 0.6) is 0 Å². The van der Waals surface area contributed by atoms with Gasteiger partial charge in [0.1, 0.15) is 0 Å². The molecule has 1 atom stereocenters. The second kappa shape index (κ2) is 8.99. The van der Waals surface area contributed by atoms with Gasteiger partial charge < -0.3 is 15.5 Å². The number of hydrogen-bond acceptors (Lipinski definition) is 5. The van der Waals surface area contributed by atoms with Crippen LogP contribution in [0.4, 0.5) is 21.9 Å². The highest BCUT2D eigenvalue weighted by Crippen LogP contribution is 2.34. The Morgan fingerprint density at radius 2 is 2.00 bits per heavy atom. The molecule has 0 aliphatic carbocycles. The van der Waals surface area contributed by atoms with Crippen molar-refractivity contribution in [2.45, 2.75) is 19.8 Å². The molecular weight excluding hydrogens is 394 g/mol. The van der Waals surface area contributed by atoms with E-state index in [1.165, 1.54) is 0 Å². The van der Waals surface area contributed by atoms with Crippen molar-refractivity contribution in [3.05, 3.63) is 70.5 Å². The molecule has 1 aliphatic rings. The number of nitro groups is 1. The van der Waals surface area contributed by atoms with E-state index in [2.05, 4.69) is 20.5 Å². The van der Waals surface area contributed by atoms with E-state index in [-0.39, 0.29) is 16.6 Å². The molecule has 1 fully saturated rings. The lowest BCUT2D eigenvalue weighted by Gasteiger charge is -2.35. The standard InChI is InChI=1S/C23H25N5O3/c1-16-4-6-18(7-5-16)26-23(29)25-13-17-3-2-12-27(15-17)21-8-9-22(28(30)31)20-14-24-11-10-19(20)21/h4-11,14,17H,2-3,12-13,15H2,1H3,(H2,25,26,29). The number of fused-ring (bicyclic) bond motifs is 1. The molecule has 8 nitrogen and oxygen atoms in total. The summed E-state index contributed by atoms with van der Waals surface area (Å²) in [4.78, 5) is 29.6. The largest absolute Gasteiger partial charge is 0.371 e. The van der Waals surface area contributed by atoms with E-state index in [0.717, 1.165) is 48.3 Å². The number of aryl methyl sites for hydroxylation is 1. The highest BCUT2D eigenvalue weighted by atomic mass is 16.6. The Morgan fingerprint density at radius 1 is 1.19 bits per heavy atom. The third-order valence-electron chi connectivity index (χ3n) is 5.69. The van der Waals surface area contributed by atoms with Gasteiger partial charge in [-0.05, 0) is 49.9 Å². The Kier molecular flexibility index (Phi) is 5.97. The summed E-state index contributed by atoms with van der Waals surface area (Å²) in [7, 11) is 0. The van der Waals surface area contributed by atoms with Gasteiger partial charge >= 0.3 is 6.03 Å². The zero-order valence-corrected chi connectivity index (χ0v) is 17.4. The first-order valence-electron chi connectivity index (χ1n) is 10.4. The number of anilines is 2. The van der Waals surface area contributed by atoms with Gasteiger partial charge in [0.25, 0.3) is 5.69 Å². The molecule has 1 aliphatic heterocycles. The van der Waals surface area contributed by atoms with Crippen LogP contribution < -0.4 is 15.5 Å². The van der Waals surface area contributed by atoms with Gasteiger partial charge in [-0.25, -0.2) is 4.79 Å². The van der Waals surface area contributed by atoms with Crippen molar-refractivity contribution in [3.8, 4) is 0 Å². The summed E-state index contributed by atoms with van der Waals surface area (Å²) in [5.74, 6) is 0.296. The molecule has 31 heavy (non-hydrogen) atoms. The zero-order chi connectivity index (χ0) is 21.8. The number of nitrogens with zero attached hydrogens (tertiary/aromatic N) is 3.